The predicted octanol–water partition coefficient (Wildman–Crippen LogP) is 1.68. The highest BCUT2D eigenvalue weighted by Crippen LogP contribution is 2.32. The van der Waals surface area contributed by atoms with Gasteiger partial charge in [-0.2, -0.15) is 0 Å². The van der Waals surface area contributed by atoms with Gasteiger partial charge in [-0.1, -0.05) is 24.3 Å². The summed E-state index contributed by atoms with van der Waals surface area (Å²) in [5.41, 5.74) is 14.9. The summed E-state index contributed by atoms with van der Waals surface area (Å²) >= 11 is 0. The minimum atomic E-state index is -0.625. The molecule has 1 aliphatic rings. The Hall–Kier alpha value is -2.90. The van der Waals surface area contributed by atoms with Crippen molar-refractivity contribution in [2.75, 3.05) is 26.7 Å². The fourth-order valence-electron chi connectivity index (χ4n) is 4.16. The number of hydrogen-bond donors (Lipinski definition) is 3. The van der Waals surface area contributed by atoms with Crippen LogP contribution in [0.4, 0.5) is 0 Å². The minimum Gasteiger partial charge on any atom is -0.496 e. The Labute approximate surface area is 183 Å². The first-order valence-electron chi connectivity index (χ1n) is 10.6. The number of carbonyl (C=O) groups is 2. The third-order valence-electron chi connectivity index (χ3n) is 5.69. The van der Waals surface area contributed by atoms with E-state index < -0.39 is 17.7 Å². The minimum absolute atomic E-state index is 0.0602. The Morgan fingerprint density at radius 2 is 2.00 bits per heavy atom. The standard InChI is InChI=1S/C24H32N4O3/c1-16-14-28(9-8-27-16)15-18-4-3-5-19(11-18)21-12-17(6-7-22(21)31-2)10-20(24(26)30)13-23(25)29/h3-7,11-12,16,20,27H,8-10,13-15H2,1-2H3,(H2,25,29)(H2,26,30)/t16-,20?/m1/s1. The molecule has 7 heteroatoms. The van der Waals surface area contributed by atoms with Gasteiger partial charge in [0.2, 0.25) is 11.8 Å². The van der Waals surface area contributed by atoms with Crippen molar-refractivity contribution < 1.29 is 14.3 Å². The summed E-state index contributed by atoms with van der Waals surface area (Å²) in [7, 11) is 1.64. The second-order valence-electron chi connectivity index (χ2n) is 8.30. The van der Waals surface area contributed by atoms with Crippen LogP contribution in [0.5, 0.6) is 5.75 Å². The Morgan fingerprint density at radius 3 is 2.68 bits per heavy atom. The van der Waals surface area contributed by atoms with Crippen molar-refractivity contribution in [1.82, 2.24) is 10.2 Å². The van der Waals surface area contributed by atoms with Crippen molar-refractivity contribution in [3.05, 3.63) is 53.6 Å². The highest BCUT2D eigenvalue weighted by Gasteiger charge is 2.20. The number of piperazine rings is 1. The lowest BCUT2D eigenvalue weighted by molar-refractivity contribution is -0.126. The number of hydrogen-bond acceptors (Lipinski definition) is 5. The van der Waals surface area contributed by atoms with Crippen molar-refractivity contribution in [2.24, 2.45) is 17.4 Å². The average Bonchev–Trinajstić information content (AvgIpc) is 2.73. The summed E-state index contributed by atoms with van der Waals surface area (Å²) in [6, 6.07) is 14.7. The SMILES string of the molecule is COc1ccc(CC(CC(N)=O)C(N)=O)cc1-c1cccc(CN2CCN[C@H](C)C2)c1. The molecule has 2 atom stereocenters. The van der Waals surface area contributed by atoms with Gasteiger partial charge in [0.05, 0.1) is 13.0 Å². The summed E-state index contributed by atoms with van der Waals surface area (Å²) in [5, 5.41) is 3.47. The summed E-state index contributed by atoms with van der Waals surface area (Å²) in [6.45, 7) is 6.16. The maximum absolute atomic E-state index is 11.8. The lowest BCUT2D eigenvalue weighted by Crippen LogP contribution is -2.48. The molecule has 0 aliphatic carbocycles. The second-order valence-corrected chi connectivity index (χ2v) is 8.30. The number of ether oxygens (including phenoxy) is 1. The van der Waals surface area contributed by atoms with Crippen molar-refractivity contribution in [2.45, 2.75) is 32.4 Å². The molecule has 5 N–H and O–H groups in total. The molecule has 3 rings (SSSR count). The highest BCUT2D eigenvalue weighted by molar-refractivity contribution is 5.84. The van der Waals surface area contributed by atoms with Crippen LogP contribution in [0.3, 0.4) is 0 Å². The number of primary amides is 2. The van der Waals surface area contributed by atoms with Crippen LogP contribution in [0.25, 0.3) is 11.1 Å². The molecular formula is C24H32N4O3. The van der Waals surface area contributed by atoms with E-state index in [-0.39, 0.29) is 6.42 Å². The molecule has 0 saturated carbocycles. The lowest BCUT2D eigenvalue weighted by Gasteiger charge is -2.31. The van der Waals surface area contributed by atoms with Crippen LogP contribution in [0, 0.1) is 5.92 Å². The summed E-state index contributed by atoms with van der Waals surface area (Å²) in [5.74, 6) is -0.933. The van der Waals surface area contributed by atoms with E-state index in [0.717, 1.165) is 48.6 Å². The molecule has 0 spiro atoms. The molecule has 0 bridgehead atoms. The second kappa shape index (κ2) is 10.4. The van der Waals surface area contributed by atoms with Gasteiger partial charge in [-0.3, -0.25) is 14.5 Å². The topological polar surface area (TPSA) is 111 Å². The molecule has 7 nitrogen and oxygen atoms in total. The quantitative estimate of drug-likeness (QED) is 0.567. The number of carbonyl (C=O) groups excluding carboxylic acids is 2. The van der Waals surface area contributed by atoms with Crippen LogP contribution in [-0.4, -0.2) is 49.5 Å². The number of amides is 2. The van der Waals surface area contributed by atoms with E-state index in [1.165, 1.54) is 5.56 Å². The van der Waals surface area contributed by atoms with Crippen molar-refractivity contribution in [1.29, 1.82) is 0 Å². The molecule has 166 valence electrons. The van der Waals surface area contributed by atoms with Crippen LogP contribution < -0.4 is 21.5 Å². The van der Waals surface area contributed by atoms with E-state index in [9.17, 15) is 9.59 Å². The Bertz CT molecular complexity index is 931. The zero-order chi connectivity index (χ0) is 22.4. The van der Waals surface area contributed by atoms with Crippen LogP contribution in [0.2, 0.25) is 0 Å². The van der Waals surface area contributed by atoms with Gasteiger partial charge < -0.3 is 21.5 Å². The fourth-order valence-corrected chi connectivity index (χ4v) is 4.16. The molecule has 1 aliphatic heterocycles. The number of rotatable bonds is 9. The van der Waals surface area contributed by atoms with Gasteiger partial charge >= 0.3 is 0 Å². The number of nitrogens with zero attached hydrogens (tertiary/aromatic N) is 1. The fraction of sp³-hybridized carbons (Fsp3) is 0.417. The van der Waals surface area contributed by atoms with E-state index in [1.54, 1.807) is 7.11 Å². The zero-order valence-electron chi connectivity index (χ0n) is 18.3. The molecule has 1 saturated heterocycles. The molecule has 0 radical (unpaired) electrons. The number of nitrogens with one attached hydrogen (secondary N) is 1. The lowest BCUT2D eigenvalue weighted by atomic mass is 9.92. The van der Waals surface area contributed by atoms with Crippen LogP contribution in [-0.2, 0) is 22.6 Å². The molecule has 2 aromatic rings. The maximum atomic E-state index is 11.8. The Kier molecular flexibility index (Phi) is 7.65. The zero-order valence-corrected chi connectivity index (χ0v) is 18.3. The number of methoxy groups -OCH3 is 1. The van der Waals surface area contributed by atoms with Gasteiger partial charge in [0.1, 0.15) is 5.75 Å². The van der Waals surface area contributed by atoms with Crippen LogP contribution in [0.1, 0.15) is 24.5 Å². The van der Waals surface area contributed by atoms with Crippen LogP contribution >= 0.6 is 0 Å². The van der Waals surface area contributed by atoms with E-state index in [2.05, 4.69) is 41.4 Å². The molecule has 31 heavy (non-hydrogen) atoms. The highest BCUT2D eigenvalue weighted by atomic mass is 16.5. The average molecular weight is 425 g/mol. The summed E-state index contributed by atoms with van der Waals surface area (Å²) in [4.78, 5) is 25.5. The normalized spacial score (nSPS) is 17.8. The van der Waals surface area contributed by atoms with E-state index in [4.69, 9.17) is 16.2 Å². The predicted molar refractivity (Wildman–Crippen MR) is 121 cm³/mol. The van der Waals surface area contributed by atoms with Gasteiger partial charge in [0.25, 0.3) is 0 Å². The van der Waals surface area contributed by atoms with E-state index in [0.29, 0.717) is 12.5 Å². The van der Waals surface area contributed by atoms with Gasteiger partial charge in [-0.25, -0.2) is 0 Å². The molecule has 1 fully saturated rings. The summed E-state index contributed by atoms with van der Waals surface area (Å²) in [6.07, 6.45) is 0.295. The molecule has 1 unspecified atom stereocenters. The van der Waals surface area contributed by atoms with Crippen LogP contribution in [0.15, 0.2) is 42.5 Å². The van der Waals surface area contributed by atoms with Crippen molar-refractivity contribution in [3.8, 4) is 16.9 Å². The molecular weight excluding hydrogens is 392 g/mol. The Morgan fingerprint density at radius 1 is 1.19 bits per heavy atom. The number of benzene rings is 2. The largest absolute Gasteiger partial charge is 0.496 e. The first-order valence-corrected chi connectivity index (χ1v) is 10.6. The van der Waals surface area contributed by atoms with Crippen molar-refractivity contribution in [3.63, 3.8) is 0 Å². The first-order chi connectivity index (χ1) is 14.9. The van der Waals surface area contributed by atoms with Gasteiger partial charge in [0.15, 0.2) is 0 Å². The molecule has 2 amide bonds. The van der Waals surface area contributed by atoms with E-state index >= 15 is 0 Å². The Balaban J connectivity index is 1.84. The monoisotopic (exact) mass is 424 g/mol. The maximum Gasteiger partial charge on any atom is 0.221 e. The van der Waals surface area contributed by atoms with E-state index in [1.807, 2.05) is 18.2 Å². The summed E-state index contributed by atoms with van der Waals surface area (Å²) < 4.78 is 5.59. The molecule has 0 aromatic heterocycles. The molecule has 2 aromatic carbocycles. The third kappa shape index (κ3) is 6.29. The smallest absolute Gasteiger partial charge is 0.221 e. The first kappa shape index (κ1) is 22.8. The van der Waals surface area contributed by atoms with Gasteiger partial charge in [-0.15, -0.1) is 0 Å². The van der Waals surface area contributed by atoms with Crippen molar-refractivity contribution >= 4 is 11.8 Å². The molecule has 1 heterocycles. The number of nitrogens with two attached hydrogens (primary N) is 2. The van der Waals surface area contributed by atoms with Gasteiger partial charge in [-0.05, 0) is 48.2 Å². The third-order valence-corrected chi connectivity index (χ3v) is 5.69. The van der Waals surface area contributed by atoms with Gasteiger partial charge in [0, 0.05) is 44.2 Å².